The zero-order chi connectivity index (χ0) is 20.2. The van der Waals surface area contributed by atoms with E-state index in [4.69, 9.17) is 4.74 Å². The molecule has 1 saturated heterocycles. The van der Waals surface area contributed by atoms with Crippen LogP contribution in [-0.2, 0) is 14.4 Å². The molecule has 29 heavy (non-hydrogen) atoms. The number of amides is 3. The number of rotatable bonds is 7. The highest BCUT2D eigenvalue weighted by molar-refractivity contribution is 6.05. The summed E-state index contributed by atoms with van der Waals surface area (Å²) in [6, 6.07) is 13.9. The van der Waals surface area contributed by atoms with Gasteiger partial charge in [-0.1, -0.05) is 43.2 Å². The lowest BCUT2D eigenvalue weighted by molar-refractivity contribution is -0.140. The molecule has 0 radical (unpaired) electrons. The zero-order valence-electron chi connectivity index (χ0n) is 16.4. The standard InChI is InChI=1S/C23H26N2O4/c26-21(11-13-25-22(27)19-7-3-4-8-20(19)23(25)28)24-12-14-29-18-10-9-16-5-1-2-6-17(16)15-18/h1-2,5-6,9-10,15,19-20H,3-4,7-8,11-14H2,(H,24,26)/t19-,20-/m0/s1. The molecule has 152 valence electrons. The maximum atomic E-state index is 12.4. The van der Waals surface area contributed by atoms with E-state index in [-0.39, 0.29) is 42.5 Å². The van der Waals surface area contributed by atoms with Gasteiger partial charge in [-0.25, -0.2) is 0 Å². The van der Waals surface area contributed by atoms with Crippen molar-refractivity contribution in [2.24, 2.45) is 11.8 Å². The fourth-order valence-corrected chi connectivity index (χ4v) is 4.37. The van der Waals surface area contributed by atoms with Crippen LogP contribution < -0.4 is 10.1 Å². The summed E-state index contributed by atoms with van der Waals surface area (Å²) >= 11 is 0. The highest BCUT2D eigenvalue weighted by atomic mass is 16.5. The minimum Gasteiger partial charge on any atom is -0.492 e. The maximum absolute atomic E-state index is 12.4. The van der Waals surface area contributed by atoms with Gasteiger partial charge in [0, 0.05) is 13.0 Å². The third-order valence-electron chi connectivity index (χ3n) is 5.91. The first-order valence-electron chi connectivity index (χ1n) is 10.4. The predicted molar refractivity (Wildman–Crippen MR) is 109 cm³/mol. The number of hydrogen-bond donors (Lipinski definition) is 1. The number of fused-ring (bicyclic) bond motifs is 2. The predicted octanol–water partition coefficient (Wildman–Crippen LogP) is 2.90. The van der Waals surface area contributed by atoms with E-state index in [1.54, 1.807) is 0 Å². The van der Waals surface area contributed by atoms with Crippen LogP contribution in [0.3, 0.4) is 0 Å². The number of imide groups is 1. The second-order valence-corrected chi connectivity index (χ2v) is 7.78. The Bertz CT molecular complexity index is 902. The number of nitrogens with zero attached hydrogens (tertiary/aromatic N) is 1. The summed E-state index contributed by atoms with van der Waals surface area (Å²) in [7, 11) is 0. The van der Waals surface area contributed by atoms with Crippen molar-refractivity contribution in [3.63, 3.8) is 0 Å². The van der Waals surface area contributed by atoms with Crippen LogP contribution in [0.1, 0.15) is 32.1 Å². The van der Waals surface area contributed by atoms with E-state index in [0.29, 0.717) is 13.2 Å². The summed E-state index contributed by atoms with van der Waals surface area (Å²) in [6.45, 7) is 0.899. The molecular weight excluding hydrogens is 368 g/mol. The van der Waals surface area contributed by atoms with Crippen molar-refractivity contribution < 1.29 is 19.1 Å². The normalized spacial score (nSPS) is 21.3. The Morgan fingerprint density at radius 1 is 1.00 bits per heavy atom. The first-order valence-corrected chi connectivity index (χ1v) is 10.4. The van der Waals surface area contributed by atoms with Gasteiger partial charge in [-0.2, -0.15) is 0 Å². The molecule has 2 fully saturated rings. The number of benzene rings is 2. The molecule has 1 heterocycles. The zero-order valence-corrected chi connectivity index (χ0v) is 16.4. The molecule has 3 amide bonds. The minimum absolute atomic E-state index is 0.0906. The molecule has 1 saturated carbocycles. The molecule has 4 rings (SSSR count). The van der Waals surface area contributed by atoms with Gasteiger partial charge in [0.05, 0.1) is 18.4 Å². The fraction of sp³-hybridized carbons (Fsp3) is 0.435. The van der Waals surface area contributed by atoms with Gasteiger partial charge in [0.25, 0.3) is 0 Å². The van der Waals surface area contributed by atoms with Gasteiger partial charge < -0.3 is 10.1 Å². The number of carbonyl (C=O) groups excluding carboxylic acids is 3. The fourth-order valence-electron chi connectivity index (χ4n) is 4.37. The molecule has 0 spiro atoms. The van der Waals surface area contributed by atoms with Crippen LogP contribution in [0.25, 0.3) is 10.8 Å². The van der Waals surface area contributed by atoms with Gasteiger partial charge in [0.1, 0.15) is 12.4 Å². The Labute approximate surface area is 170 Å². The van der Waals surface area contributed by atoms with E-state index in [2.05, 4.69) is 5.32 Å². The van der Waals surface area contributed by atoms with E-state index < -0.39 is 0 Å². The molecule has 1 aliphatic heterocycles. The molecule has 2 aromatic rings. The lowest BCUT2D eigenvalue weighted by Crippen LogP contribution is -2.36. The van der Waals surface area contributed by atoms with Crippen LogP contribution in [0, 0.1) is 11.8 Å². The second kappa shape index (κ2) is 8.64. The van der Waals surface area contributed by atoms with Crippen LogP contribution in [0.2, 0.25) is 0 Å². The van der Waals surface area contributed by atoms with Gasteiger partial charge >= 0.3 is 0 Å². The molecule has 6 heteroatoms. The van der Waals surface area contributed by atoms with Crippen molar-refractivity contribution >= 4 is 28.5 Å². The molecule has 1 N–H and O–H groups in total. The summed E-state index contributed by atoms with van der Waals surface area (Å²) in [6.07, 6.45) is 3.73. The molecule has 2 atom stereocenters. The van der Waals surface area contributed by atoms with E-state index in [9.17, 15) is 14.4 Å². The maximum Gasteiger partial charge on any atom is 0.233 e. The number of carbonyl (C=O) groups is 3. The average Bonchev–Trinajstić information content (AvgIpc) is 3.00. The third-order valence-corrected chi connectivity index (χ3v) is 5.91. The molecule has 1 aliphatic carbocycles. The topological polar surface area (TPSA) is 75.7 Å². The summed E-state index contributed by atoms with van der Waals surface area (Å²) < 4.78 is 5.71. The largest absolute Gasteiger partial charge is 0.492 e. The van der Waals surface area contributed by atoms with Gasteiger partial charge in [0.2, 0.25) is 17.7 Å². The second-order valence-electron chi connectivity index (χ2n) is 7.78. The van der Waals surface area contributed by atoms with Crippen molar-refractivity contribution in [2.75, 3.05) is 19.7 Å². The van der Waals surface area contributed by atoms with E-state index in [1.807, 2.05) is 42.5 Å². The van der Waals surface area contributed by atoms with Crippen molar-refractivity contribution in [1.82, 2.24) is 10.2 Å². The average molecular weight is 394 g/mol. The van der Waals surface area contributed by atoms with Crippen LogP contribution in [0.5, 0.6) is 5.75 Å². The Kier molecular flexibility index (Phi) is 5.79. The Morgan fingerprint density at radius 3 is 2.41 bits per heavy atom. The Balaban J connectivity index is 1.19. The number of likely N-dealkylation sites (tertiary alicyclic amines) is 1. The quantitative estimate of drug-likeness (QED) is 0.579. The number of hydrogen-bond acceptors (Lipinski definition) is 4. The monoisotopic (exact) mass is 394 g/mol. The molecule has 2 aliphatic rings. The minimum atomic E-state index is -0.178. The SMILES string of the molecule is O=C(CCN1C(=O)[C@H]2CCCC[C@@H]2C1=O)NCCOc1ccc2ccccc2c1. The van der Waals surface area contributed by atoms with E-state index in [0.717, 1.165) is 42.2 Å². The highest BCUT2D eigenvalue weighted by Crippen LogP contribution is 2.37. The van der Waals surface area contributed by atoms with Crippen molar-refractivity contribution in [3.8, 4) is 5.75 Å². The lowest BCUT2D eigenvalue weighted by Gasteiger charge is -2.19. The van der Waals surface area contributed by atoms with Gasteiger partial charge in [-0.05, 0) is 35.7 Å². The third kappa shape index (κ3) is 4.26. The molecule has 0 aromatic heterocycles. The van der Waals surface area contributed by atoms with Crippen molar-refractivity contribution in [3.05, 3.63) is 42.5 Å². The summed E-state index contributed by atoms with van der Waals surface area (Å²) in [5.74, 6) is 0.0833. The molecule has 2 aromatic carbocycles. The van der Waals surface area contributed by atoms with Crippen molar-refractivity contribution in [2.45, 2.75) is 32.1 Å². The first kappa shape index (κ1) is 19.4. The van der Waals surface area contributed by atoms with Crippen LogP contribution in [-0.4, -0.2) is 42.3 Å². The molecular formula is C23H26N2O4. The molecule has 0 bridgehead atoms. The molecule has 6 nitrogen and oxygen atoms in total. The van der Waals surface area contributed by atoms with Gasteiger partial charge in [0.15, 0.2) is 0 Å². The first-order chi connectivity index (χ1) is 14.1. The smallest absolute Gasteiger partial charge is 0.233 e. The lowest BCUT2D eigenvalue weighted by atomic mass is 9.81. The van der Waals surface area contributed by atoms with Gasteiger partial charge in [-0.15, -0.1) is 0 Å². The van der Waals surface area contributed by atoms with Crippen LogP contribution in [0.4, 0.5) is 0 Å². The number of nitrogens with one attached hydrogen (secondary N) is 1. The Hall–Kier alpha value is -2.89. The summed E-state index contributed by atoms with van der Waals surface area (Å²) in [5.41, 5.74) is 0. The van der Waals surface area contributed by atoms with Gasteiger partial charge in [-0.3, -0.25) is 19.3 Å². The Morgan fingerprint density at radius 2 is 1.69 bits per heavy atom. The summed E-state index contributed by atoms with van der Waals surface area (Å²) in [4.78, 5) is 38.2. The van der Waals surface area contributed by atoms with Crippen LogP contribution >= 0.6 is 0 Å². The van der Waals surface area contributed by atoms with Crippen molar-refractivity contribution in [1.29, 1.82) is 0 Å². The van der Waals surface area contributed by atoms with E-state index in [1.165, 1.54) is 4.90 Å². The van der Waals surface area contributed by atoms with E-state index >= 15 is 0 Å². The molecule has 0 unspecified atom stereocenters. The summed E-state index contributed by atoms with van der Waals surface area (Å²) in [5, 5.41) is 5.05. The highest BCUT2D eigenvalue weighted by Gasteiger charge is 2.47. The van der Waals surface area contributed by atoms with Crippen LogP contribution in [0.15, 0.2) is 42.5 Å². The number of ether oxygens (including phenoxy) is 1.